The largest absolute Gasteiger partial charge is 0.459 e. The van der Waals surface area contributed by atoms with Crippen LogP contribution in [-0.2, 0) is 13.6 Å². The summed E-state index contributed by atoms with van der Waals surface area (Å²) in [6.45, 7) is 4.01. The molecule has 1 aromatic carbocycles. The molecule has 6 nitrogen and oxygen atoms in total. The van der Waals surface area contributed by atoms with Gasteiger partial charge in [0, 0.05) is 23.0 Å². The molecule has 142 valence electrons. The smallest absolute Gasteiger partial charge is 0.253 e. The van der Waals surface area contributed by atoms with E-state index >= 15 is 0 Å². The lowest BCUT2D eigenvalue weighted by atomic mass is 10.1. The van der Waals surface area contributed by atoms with E-state index in [4.69, 9.17) is 16.0 Å². The quantitative estimate of drug-likeness (QED) is 0.555. The third-order valence-electron chi connectivity index (χ3n) is 4.65. The molecule has 0 radical (unpaired) electrons. The van der Waals surface area contributed by atoms with Gasteiger partial charge in [0.15, 0.2) is 5.65 Å². The Hall–Kier alpha value is -3.12. The molecule has 0 saturated carbocycles. The van der Waals surface area contributed by atoms with Crippen LogP contribution in [0, 0.1) is 13.8 Å². The number of amides is 1. The molecule has 0 aliphatic rings. The molecular weight excluding hydrogens is 376 g/mol. The van der Waals surface area contributed by atoms with Crippen LogP contribution in [0.5, 0.6) is 0 Å². The highest BCUT2D eigenvalue weighted by atomic mass is 35.5. The van der Waals surface area contributed by atoms with Crippen LogP contribution in [0.1, 0.15) is 27.5 Å². The molecule has 4 rings (SSSR count). The van der Waals surface area contributed by atoms with E-state index in [1.165, 1.54) is 0 Å². The molecule has 0 fully saturated rings. The van der Waals surface area contributed by atoms with Gasteiger partial charge in [0.2, 0.25) is 0 Å². The lowest BCUT2D eigenvalue weighted by Gasteiger charge is -2.07. The molecular formula is C21H19ClN4O2. The molecule has 0 aliphatic carbocycles. The van der Waals surface area contributed by atoms with Gasteiger partial charge in [-0.05, 0) is 56.3 Å². The molecule has 7 heteroatoms. The molecule has 0 saturated heterocycles. The number of fused-ring (bicyclic) bond motifs is 1. The predicted molar refractivity (Wildman–Crippen MR) is 108 cm³/mol. The number of nitrogens with one attached hydrogen (secondary N) is 1. The average molecular weight is 395 g/mol. The van der Waals surface area contributed by atoms with E-state index in [0.717, 1.165) is 28.1 Å². The van der Waals surface area contributed by atoms with Gasteiger partial charge in [0.05, 0.1) is 23.5 Å². The number of halogens is 1. The van der Waals surface area contributed by atoms with Crippen LogP contribution in [0.15, 0.2) is 46.9 Å². The molecule has 0 spiro atoms. The summed E-state index contributed by atoms with van der Waals surface area (Å²) in [6.07, 6.45) is 0. The van der Waals surface area contributed by atoms with Crippen molar-refractivity contribution in [1.82, 2.24) is 20.1 Å². The first-order chi connectivity index (χ1) is 13.4. The lowest BCUT2D eigenvalue weighted by molar-refractivity contribution is 0.0947. The zero-order valence-electron chi connectivity index (χ0n) is 15.8. The molecule has 0 unspecified atom stereocenters. The first-order valence-electron chi connectivity index (χ1n) is 8.86. The van der Waals surface area contributed by atoms with Crippen molar-refractivity contribution in [3.8, 4) is 11.3 Å². The molecule has 1 amide bonds. The first-order valence-corrected chi connectivity index (χ1v) is 9.24. The van der Waals surface area contributed by atoms with Crippen molar-refractivity contribution in [2.45, 2.75) is 20.4 Å². The third-order valence-corrected chi connectivity index (χ3v) is 4.90. The minimum Gasteiger partial charge on any atom is -0.459 e. The predicted octanol–water partition coefficient (Wildman–Crippen LogP) is 4.43. The number of carbonyl (C=O) groups is 1. The van der Waals surface area contributed by atoms with Crippen LogP contribution in [0.25, 0.3) is 22.4 Å². The summed E-state index contributed by atoms with van der Waals surface area (Å²) in [5, 5.41) is 8.81. The van der Waals surface area contributed by atoms with Crippen LogP contribution in [0.4, 0.5) is 0 Å². The Bertz CT molecular complexity index is 1180. The summed E-state index contributed by atoms with van der Waals surface area (Å²) < 4.78 is 7.55. The van der Waals surface area contributed by atoms with Crippen molar-refractivity contribution in [2.24, 2.45) is 7.05 Å². The standard InChI is InChI=1S/C21H19ClN4O2/c1-12-18(10-17-13(2)25-26(3)20(17)24-12)21(27)23-11-16-8-9-19(28-16)14-4-6-15(22)7-5-14/h4-10H,11H2,1-3H3,(H,23,27). The molecule has 4 aromatic rings. The minimum absolute atomic E-state index is 0.195. The highest BCUT2D eigenvalue weighted by Crippen LogP contribution is 2.24. The summed E-state index contributed by atoms with van der Waals surface area (Å²) in [7, 11) is 1.84. The summed E-state index contributed by atoms with van der Waals surface area (Å²) in [6, 6.07) is 13.0. The Labute approximate surface area is 167 Å². The van der Waals surface area contributed by atoms with Gasteiger partial charge in [0.1, 0.15) is 11.5 Å². The fourth-order valence-electron chi connectivity index (χ4n) is 3.17. The van der Waals surface area contributed by atoms with Gasteiger partial charge >= 0.3 is 0 Å². The van der Waals surface area contributed by atoms with Gasteiger partial charge in [-0.15, -0.1) is 0 Å². The second-order valence-electron chi connectivity index (χ2n) is 6.66. The molecule has 3 heterocycles. The molecule has 0 aliphatic heterocycles. The first kappa shape index (κ1) is 18.3. The maximum atomic E-state index is 12.7. The van der Waals surface area contributed by atoms with Crippen molar-refractivity contribution in [3.05, 3.63) is 70.2 Å². The molecule has 28 heavy (non-hydrogen) atoms. The van der Waals surface area contributed by atoms with Crippen LogP contribution >= 0.6 is 11.6 Å². The second-order valence-corrected chi connectivity index (χ2v) is 7.09. The number of aromatic nitrogens is 3. The van der Waals surface area contributed by atoms with Crippen LogP contribution in [-0.4, -0.2) is 20.7 Å². The SMILES string of the molecule is Cc1nc2c(cc1C(=O)NCc1ccc(-c3ccc(Cl)cc3)o1)c(C)nn2C. The Kier molecular flexibility index (Phi) is 4.65. The Balaban J connectivity index is 1.50. The van der Waals surface area contributed by atoms with Crippen molar-refractivity contribution in [1.29, 1.82) is 0 Å². The number of rotatable bonds is 4. The van der Waals surface area contributed by atoms with Crippen molar-refractivity contribution < 1.29 is 9.21 Å². The summed E-state index contributed by atoms with van der Waals surface area (Å²) in [5.41, 5.74) is 3.74. The van der Waals surface area contributed by atoms with E-state index in [2.05, 4.69) is 15.4 Å². The fourth-order valence-corrected chi connectivity index (χ4v) is 3.29. The van der Waals surface area contributed by atoms with Crippen molar-refractivity contribution in [2.75, 3.05) is 0 Å². The fraction of sp³-hybridized carbons (Fsp3) is 0.190. The number of aryl methyl sites for hydroxylation is 3. The number of hydrogen-bond acceptors (Lipinski definition) is 4. The topological polar surface area (TPSA) is 73.0 Å². The Morgan fingerprint density at radius 1 is 1.14 bits per heavy atom. The van der Waals surface area contributed by atoms with E-state index in [1.54, 1.807) is 4.68 Å². The number of carbonyl (C=O) groups excluding carboxylic acids is 1. The molecule has 0 bridgehead atoms. The van der Waals surface area contributed by atoms with Crippen LogP contribution in [0.2, 0.25) is 5.02 Å². The van der Waals surface area contributed by atoms with E-state index in [-0.39, 0.29) is 12.5 Å². The van der Waals surface area contributed by atoms with Crippen molar-refractivity contribution in [3.63, 3.8) is 0 Å². The zero-order valence-corrected chi connectivity index (χ0v) is 16.5. The van der Waals surface area contributed by atoms with E-state index in [9.17, 15) is 4.79 Å². The molecule has 1 N–H and O–H groups in total. The highest BCUT2D eigenvalue weighted by molar-refractivity contribution is 6.30. The second kappa shape index (κ2) is 7.13. The van der Waals surface area contributed by atoms with Gasteiger partial charge < -0.3 is 9.73 Å². The normalized spacial score (nSPS) is 11.1. The molecule has 0 atom stereocenters. The number of furan rings is 1. The minimum atomic E-state index is -0.195. The zero-order chi connectivity index (χ0) is 19.8. The number of benzene rings is 1. The highest BCUT2D eigenvalue weighted by Gasteiger charge is 2.16. The maximum absolute atomic E-state index is 12.7. The third kappa shape index (κ3) is 3.39. The Morgan fingerprint density at radius 3 is 2.64 bits per heavy atom. The molecule has 3 aromatic heterocycles. The number of pyridine rings is 1. The summed E-state index contributed by atoms with van der Waals surface area (Å²) in [5.74, 6) is 1.20. The van der Waals surface area contributed by atoms with Crippen molar-refractivity contribution >= 4 is 28.5 Å². The van der Waals surface area contributed by atoms with E-state index < -0.39 is 0 Å². The van der Waals surface area contributed by atoms with Gasteiger partial charge in [-0.2, -0.15) is 5.10 Å². The van der Waals surface area contributed by atoms with Gasteiger partial charge in [0.25, 0.3) is 5.91 Å². The van der Waals surface area contributed by atoms with E-state index in [0.29, 0.717) is 22.0 Å². The summed E-state index contributed by atoms with van der Waals surface area (Å²) in [4.78, 5) is 17.2. The van der Waals surface area contributed by atoms with Crippen LogP contribution in [0.3, 0.4) is 0 Å². The Morgan fingerprint density at radius 2 is 1.89 bits per heavy atom. The number of hydrogen-bond donors (Lipinski definition) is 1. The van der Waals surface area contributed by atoms with Gasteiger partial charge in [-0.3, -0.25) is 9.48 Å². The lowest BCUT2D eigenvalue weighted by Crippen LogP contribution is -2.23. The summed E-state index contributed by atoms with van der Waals surface area (Å²) >= 11 is 5.92. The number of nitrogens with zero attached hydrogens (tertiary/aromatic N) is 3. The van der Waals surface area contributed by atoms with Crippen LogP contribution < -0.4 is 5.32 Å². The average Bonchev–Trinajstić information content (AvgIpc) is 3.25. The maximum Gasteiger partial charge on any atom is 0.253 e. The monoisotopic (exact) mass is 394 g/mol. The van der Waals surface area contributed by atoms with Gasteiger partial charge in [-0.1, -0.05) is 11.6 Å². The van der Waals surface area contributed by atoms with Gasteiger partial charge in [-0.25, -0.2) is 4.98 Å². The van der Waals surface area contributed by atoms with E-state index in [1.807, 2.05) is 63.4 Å².